The summed E-state index contributed by atoms with van der Waals surface area (Å²) < 4.78 is 0. The van der Waals surface area contributed by atoms with Crippen LogP contribution < -0.4 is 5.73 Å². The Bertz CT molecular complexity index is 375. The third kappa shape index (κ3) is 3.08. The lowest BCUT2D eigenvalue weighted by molar-refractivity contribution is 0.157. The van der Waals surface area contributed by atoms with E-state index in [9.17, 15) is 0 Å². The molecule has 0 spiro atoms. The van der Waals surface area contributed by atoms with Crippen LogP contribution in [0.15, 0.2) is 0 Å². The SMILES string of the molecule is Cc1nc(CC2CC(C)(C)CCC2N)sc1C. The maximum atomic E-state index is 6.27. The van der Waals surface area contributed by atoms with Gasteiger partial charge in [0.05, 0.1) is 10.7 Å². The molecule has 1 aromatic rings. The predicted octanol–water partition coefficient (Wildman–Crippen LogP) is 3.46. The first-order valence-corrected chi connectivity index (χ1v) is 7.37. The molecule has 2 atom stereocenters. The van der Waals surface area contributed by atoms with Gasteiger partial charge in [-0.2, -0.15) is 0 Å². The summed E-state index contributed by atoms with van der Waals surface area (Å²) in [6, 6.07) is 0.368. The molecule has 0 saturated heterocycles. The minimum absolute atomic E-state index is 0.368. The fourth-order valence-corrected chi connectivity index (χ4v) is 3.86. The Morgan fingerprint density at radius 1 is 1.41 bits per heavy atom. The molecule has 1 aliphatic carbocycles. The lowest BCUT2D eigenvalue weighted by atomic mass is 9.69. The van der Waals surface area contributed by atoms with Crippen molar-refractivity contribution in [3.05, 3.63) is 15.6 Å². The van der Waals surface area contributed by atoms with Crippen LogP contribution >= 0.6 is 11.3 Å². The second-order valence-corrected chi connectivity index (χ2v) is 7.57. The quantitative estimate of drug-likeness (QED) is 0.875. The van der Waals surface area contributed by atoms with Crippen molar-refractivity contribution >= 4 is 11.3 Å². The summed E-state index contributed by atoms with van der Waals surface area (Å²) in [5.74, 6) is 0.615. The second kappa shape index (κ2) is 4.69. The van der Waals surface area contributed by atoms with E-state index in [1.54, 1.807) is 0 Å². The summed E-state index contributed by atoms with van der Waals surface area (Å²) in [4.78, 5) is 6.00. The van der Waals surface area contributed by atoms with Crippen LogP contribution in [0.3, 0.4) is 0 Å². The van der Waals surface area contributed by atoms with E-state index in [2.05, 4.69) is 32.7 Å². The van der Waals surface area contributed by atoms with Crippen molar-refractivity contribution in [1.82, 2.24) is 4.98 Å². The maximum Gasteiger partial charge on any atom is 0.0934 e. The number of nitrogens with two attached hydrogens (primary N) is 1. The van der Waals surface area contributed by atoms with Gasteiger partial charge in [0.25, 0.3) is 0 Å². The molecule has 96 valence electrons. The first-order chi connectivity index (χ1) is 7.87. The van der Waals surface area contributed by atoms with Crippen molar-refractivity contribution in [3.63, 3.8) is 0 Å². The average molecular weight is 252 g/mol. The molecule has 0 aliphatic heterocycles. The summed E-state index contributed by atoms with van der Waals surface area (Å²) in [7, 11) is 0. The van der Waals surface area contributed by atoms with E-state index in [4.69, 9.17) is 5.73 Å². The topological polar surface area (TPSA) is 38.9 Å². The van der Waals surface area contributed by atoms with Crippen molar-refractivity contribution in [2.45, 2.75) is 59.4 Å². The van der Waals surface area contributed by atoms with Crippen LogP contribution in [0, 0.1) is 25.2 Å². The number of nitrogens with zero attached hydrogens (tertiary/aromatic N) is 1. The van der Waals surface area contributed by atoms with Gasteiger partial charge >= 0.3 is 0 Å². The molecule has 0 radical (unpaired) electrons. The van der Waals surface area contributed by atoms with Crippen molar-refractivity contribution in [2.24, 2.45) is 17.1 Å². The van der Waals surface area contributed by atoms with Crippen LogP contribution in [0.2, 0.25) is 0 Å². The Labute approximate surface area is 109 Å². The van der Waals surface area contributed by atoms with Gasteiger partial charge in [0.1, 0.15) is 0 Å². The molecular formula is C14H24N2S. The lowest BCUT2D eigenvalue weighted by Crippen LogP contribution is -2.40. The van der Waals surface area contributed by atoms with Crippen molar-refractivity contribution in [1.29, 1.82) is 0 Å². The van der Waals surface area contributed by atoms with Crippen LogP contribution in [-0.4, -0.2) is 11.0 Å². The Kier molecular flexibility index (Phi) is 3.60. The van der Waals surface area contributed by atoms with Gasteiger partial charge in [-0.25, -0.2) is 4.98 Å². The summed E-state index contributed by atoms with van der Waals surface area (Å²) in [6.45, 7) is 8.98. The number of aromatic nitrogens is 1. The highest BCUT2D eigenvalue weighted by Gasteiger charge is 2.33. The van der Waals surface area contributed by atoms with Gasteiger partial charge < -0.3 is 5.73 Å². The Morgan fingerprint density at radius 2 is 2.12 bits per heavy atom. The highest BCUT2D eigenvalue weighted by molar-refractivity contribution is 7.11. The third-order valence-electron chi connectivity index (χ3n) is 4.08. The molecule has 17 heavy (non-hydrogen) atoms. The third-order valence-corrected chi connectivity index (χ3v) is 5.18. The van der Waals surface area contributed by atoms with E-state index in [-0.39, 0.29) is 0 Å². The van der Waals surface area contributed by atoms with E-state index >= 15 is 0 Å². The average Bonchev–Trinajstić information content (AvgIpc) is 2.52. The van der Waals surface area contributed by atoms with Gasteiger partial charge in [-0.15, -0.1) is 11.3 Å². The molecule has 2 nitrogen and oxygen atoms in total. The standard InChI is InChI=1S/C14H24N2S/c1-9-10(2)17-13(16-9)7-11-8-14(3,4)6-5-12(11)15/h11-12H,5-8,15H2,1-4H3. The number of hydrogen-bond acceptors (Lipinski definition) is 3. The summed E-state index contributed by atoms with van der Waals surface area (Å²) in [5, 5.41) is 1.28. The molecule has 3 heteroatoms. The number of hydrogen-bond donors (Lipinski definition) is 1. The predicted molar refractivity (Wildman–Crippen MR) is 74.4 cm³/mol. The summed E-state index contributed by atoms with van der Waals surface area (Å²) in [6.07, 6.45) is 4.75. The Hall–Kier alpha value is -0.410. The highest BCUT2D eigenvalue weighted by atomic mass is 32.1. The van der Waals surface area contributed by atoms with E-state index in [0.717, 1.165) is 6.42 Å². The van der Waals surface area contributed by atoms with Crippen molar-refractivity contribution < 1.29 is 0 Å². The van der Waals surface area contributed by atoms with E-state index in [0.29, 0.717) is 17.4 Å². The Balaban J connectivity index is 2.06. The second-order valence-electron chi connectivity index (χ2n) is 6.28. The minimum Gasteiger partial charge on any atom is -0.327 e. The molecule has 1 aromatic heterocycles. The van der Waals surface area contributed by atoms with Crippen molar-refractivity contribution in [2.75, 3.05) is 0 Å². The van der Waals surface area contributed by atoms with Crippen LogP contribution in [0.1, 0.15) is 48.7 Å². The molecular weight excluding hydrogens is 228 g/mol. The van der Waals surface area contributed by atoms with Crippen molar-refractivity contribution in [3.8, 4) is 0 Å². The molecule has 2 rings (SSSR count). The first-order valence-electron chi connectivity index (χ1n) is 6.56. The molecule has 2 unspecified atom stereocenters. The maximum absolute atomic E-state index is 6.27. The van der Waals surface area contributed by atoms with E-state index in [1.807, 2.05) is 11.3 Å². The van der Waals surface area contributed by atoms with E-state index < -0.39 is 0 Å². The smallest absolute Gasteiger partial charge is 0.0934 e. The van der Waals surface area contributed by atoms with Crippen LogP contribution in [0.4, 0.5) is 0 Å². The lowest BCUT2D eigenvalue weighted by Gasteiger charge is -2.39. The Morgan fingerprint density at radius 3 is 2.71 bits per heavy atom. The molecule has 1 aliphatic rings. The normalized spacial score (nSPS) is 28.3. The number of rotatable bonds is 2. The molecule has 0 bridgehead atoms. The first kappa shape index (κ1) is 13.0. The highest BCUT2D eigenvalue weighted by Crippen LogP contribution is 2.39. The van der Waals surface area contributed by atoms with Gasteiger partial charge in [0.2, 0.25) is 0 Å². The molecule has 1 fully saturated rings. The molecule has 0 aromatic carbocycles. The number of thiazole rings is 1. The zero-order valence-electron chi connectivity index (χ0n) is 11.4. The summed E-state index contributed by atoms with van der Waals surface area (Å²) in [5.41, 5.74) is 7.92. The zero-order chi connectivity index (χ0) is 12.6. The van der Waals surface area contributed by atoms with Crippen LogP contribution in [0.25, 0.3) is 0 Å². The van der Waals surface area contributed by atoms with Crippen LogP contribution in [-0.2, 0) is 6.42 Å². The summed E-state index contributed by atoms with van der Waals surface area (Å²) >= 11 is 1.84. The van der Waals surface area contributed by atoms with Gasteiger partial charge in [-0.3, -0.25) is 0 Å². The largest absolute Gasteiger partial charge is 0.327 e. The minimum atomic E-state index is 0.368. The van der Waals surface area contributed by atoms with Gasteiger partial charge in [0.15, 0.2) is 0 Å². The molecule has 1 saturated carbocycles. The fraction of sp³-hybridized carbons (Fsp3) is 0.786. The fourth-order valence-electron chi connectivity index (χ4n) is 2.83. The number of aryl methyl sites for hydroxylation is 2. The monoisotopic (exact) mass is 252 g/mol. The molecule has 1 heterocycles. The van der Waals surface area contributed by atoms with Gasteiger partial charge in [0, 0.05) is 17.3 Å². The molecule has 0 amide bonds. The zero-order valence-corrected chi connectivity index (χ0v) is 12.2. The van der Waals surface area contributed by atoms with E-state index in [1.165, 1.54) is 34.8 Å². The van der Waals surface area contributed by atoms with Gasteiger partial charge in [-0.1, -0.05) is 13.8 Å². The molecule has 2 N–H and O–H groups in total. The van der Waals surface area contributed by atoms with Gasteiger partial charge in [-0.05, 0) is 44.4 Å². The van der Waals surface area contributed by atoms with Crippen LogP contribution in [0.5, 0.6) is 0 Å².